The Bertz CT molecular complexity index is 1210. The number of carbonyl (C=O) groups is 2. The quantitative estimate of drug-likeness (QED) is 0.528. The topological polar surface area (TPSA) is 131 Å². The second-order valence-electron chi connectivity index (χ2n) is 8.00. The zero-order valence-electron chi connectivity index (χ0n) is 18.4. The number of piperidine rings is 1. The molecule has 33 heavy (non-hydrogen) atoms. The van der Waals surface area contributed by atoms with Gasteiger partial charge in [-0.05, 0) is 18.6 Å². The molecule has 174 valence electrons. The highest BCUT2D eigenvalue weighted by Crippen LogP contribution is 2.45. The minimum Gasteiger partial charge on any atom is -0.497 e. The first kappa shape index (κ1) is 21.3. The second-order valence-corrected chi connectivity index (χ2v) is 9.03. The molecule has 1 aliphatic carbocycles. The maximum absolute atomic E-state index is 12.3. The first-order valence-corrected chi connectivity index (χ1v) is 11.3. The van der Waals surface area contributed by atoms with Crippen molar-refractivity contribution in [1.29, 1.82) is 0 Å². The van der Waals surface area contributed by atoms with E-state index in [-0.39, 0.29) is 30.0 Å². The molecule has 0 saturated carbocycles. The van der Waals surface area contributed by atoms with Gasteiger partial charge in [0.25, 0.3) is 6.01 Å². The Balaban J connectivity index is 1.46. The third kappa shape index (κ3) is 3.90. The predicted octanol–water partition coefficient (Wildman–Crippen LogP) is 2.86. The van der Waals surface area contributed by atoms with E-state index in [9.17, 15) is 9.59 Å². The molecular formula is C21H24N6O5S. The van der Waals surface area contributed by atoms with Gasteiger partial charge in [-0.1, -0.05) is 0 Å². The van der Waals surface area contributed by atoms with Gasteiger partial charge in [-0.15, -0.1) is 11.3 Å². The van der Waals surface area contributed by atoms with Gasteiger partial charge >= 0.3 is 12.1 Å². The lowest BCUT2D eigenvalue weighted by atomic mass is 9.75. The molecule has 1 saturated heterocycles. The number of hydrogen-bond donors (Lipinski definition) is 3. The van der Waals surface area contributed by atoms with E-state index in [1.807, 2.05) is 18.2 Å². The van der Waals surface area contributed by atoms with E-state index < -0.39 is 0 Å². The zero-order chi connectivity index (χ0) is 23.1. The summed E-state index contributed by atoms with van der Waals surface area (Å²) in [5, 5.41) is 9.30. The number of ether oxygens (including phenoxy) is 2. The molecule has 0 spiro atoms. The number of methoxy groups -OCH3 is 2. The molecule has 3 atom stereocenters. The molecule has 3 heterocycles. The summed E-state index contributed by atoms with van der Waals surface area (Å²) in [6, 6.07) is 5.54. The van der Waals surface area contributed by atoms with Crippen molar-refractivity contribution in [3.05, 3.63) is 28.8 Å². The maximum atomic E-state index is 12.3. The third-order valence-electron chi connectivity index (χ3n) is 6.10. The summed E-state index contributed by atoms with van der Waals surface area (Å²) in [7, 11) is 4.55. The van der Waals surface area contributed by atoms with Crippen molar-refractivity contribution < 1.29 is 23.5 Å². The predicted molar refractivity (Wildman–Crippen MR) is 122 cm³/mol. The summed E-state index contributed by atoms with van der Waals surface area (Å²) >= 11 is 1.42. The highest BCUT2D eigenvalue weighted by molar-refractivity contribution is 7.16. The average Bonchev–Trinajstić information content (AvgIpc) is 3.40. The minimum atomic E-state index is -0.353. The summed E-state index contributed by atoms with van der Waals surface area (Å²) in [5.41, 5.74) is 2.31. The van der Waals surface area contributed by atoms with Crippen molar-refractivity contribution in [2.45, 2.75) is 18.4 Å². The summed E-state index contributed by atoms with van der Waals surface area (Å²) in [6.45, 7) is 0.980. The number of aromatic nitrogens is 2. The number of anilines is 2. The number of nitrogens with zero attached hydrogens (tertiary/aromatic N) is 3. The Morgan fingerprint density at radius 2 is 2.09 bits per heavy atom. The lowest BCUT2D eigenvalue weighted by Crippen LogP contribution is -2.55. The van der Waals surface area contributed by atoms with E-state index >= 15 is 0 Å². The summed E-state index contributed by atoms with van der Waals surface area (Å²) in [5.74, 6) is 0.708. The van der Waals surface area contributed by atoms with Gasteiger partial charge < -0.3 is 29.4 Å². The van der Waals surface area contributed by atoms with Gasteiger partial charge in [-0.25, -0.2) is 14.6 Å². The van der Waals surface area contributed by atoms with E-state index in [2.05, 4.69) is 25.9 Å². The van der Waals surface area contributed by atoms with Crippen LogP contribution in [0.4, 0.5) is 20.7 Å². The monoisotopic (exact) mass is 472 g/mol. The van der Waals surface area contributed by atoms with Crippen LogP contribution in [0, 0.1) is 5.92 Å². The molecule has 0 radical (unpaired) electrons. The molecule has 2 aromatic heterocycles. The summed E-state index contributed by atoms with van der Waals surface area (Å²) in [6.07, 6.45) is 0.297. The standard InChI is InChI=1S/C21H24N6O5S/c1-22-18(28)26-20-24-14-6-10-8-27(21(29)31-3)9-12(17(14)33-20)16(10)25-19-23-13-7-11(30-2)4-5-15(13)32-19/h4-5,7,10,12,16H,6,8-9H2,1-3H3,(H,23,25)(H2,22,24,26,28). The normalized spacial score (nSPS) is 21.3. The number of fused-ring (bicyclic) bond motifs is 5. The number of likely N-dealkylation sites (tertiary alicyclic amines) is 1. The Labute approximate surface area is 193 Å². The number of thiazole rings is 1. The van der Waals surface area contributed by atoms with Crippen LogP contribution in [0.3, 0.4) is 0 Å². The fourth-order valence-electron chi connectivity index (χ4n) is 4.58. The Hall–Kier alpha value is -3.54. The molecule has 1 fully saturated rings. The third-order valence-corrected chi connectivity index (χ3v) is 7.24. The Morgan fingerprint density at radius 3 is 2.85 bits per heavy atom. The first-order valence-electron chi connectivity index (χ1n) is 10.5. The van der Waals surface area contributed by atoms with Gasteiger partial charge in [0, 0.05) is 49.0 Å². The molecule has 3 amide bonds. The molecular weight excluding hydrogens is 448 g/mol. The van der Waals surface area contributed by atoms with Gasteiger partial charge in [0.15, 0.2) is 10.7 Å². The largest absolute Gasteiger partial charge is 0.497 e. The maximum Gasteiger partial charge on any atom is 0.409 e. The first-order chi connectivity index (χ1) is 16.0. The van der Waals surface area contributed by atoms with Crippen LogP contribution in [0.5, 0.6) is 5.75 Å². The Morgan fingerprint density at radius 1 is 1.24 bits per heavy atom. The van der Waals surface area contributed by atoms with Crippen LogP contribution in [0.25, 0.3) is 11.1 Å². The van der Waals surface area contributed by atoms with Crippen LogP contribution in [0.2, 0.25) is 0 Å². The van der Waals surface area contributed by atoms with Crippen molar-refractivity contribution in [3.63, 3.8) is 0 Å². The number of oxazole rings is 1. The van der Waals surface area contributed by atoms with Gasteiger partial charge in [0.2, 0.25) is 0 Å². The Kier molecular flexibility index (Phi) is 5.44. The van der Waals surface area contributed by atoms with Crippen LogP contribution < -0.4 is 20.7 Å². The van der Waals surface area contributed by atoms with Gasteiger partial charge in [0.1, 0.15) is 11.3 Å². The van der Waals surface area contributed by atoms with Crippen molar-refractivity contribution in [2.75, 3.05) is 45.0 Å². The van der Waals surface area contributed by atoms with Gasteiger partial charge in [-0.3, -0.25) is 5.32 Å². The van der Waals surface area contributed by atoms with Crippen molar-refractivity contribution >= 4 is 45.7 Å². The number of carbonyl (C=O) groups excluding carboxylic acids is 2. The fourth-order valence-corrected chi connectivity index (χ4v) is 5.71. The SMILES string of the molecule is CNC(=O)Nc1nc2c(s1)C1CN(C(=O)OC)CC(C2)C1Nc1nc2cc(OC)ccc2o1. The van der Waals surface area contributed by atoms with Crippen molar-refractivity contribution in [1.82, 2.24) is 20.2 Å². The van der Waals surface area contributed by atoms with Crippen LogP contribution in [-0.2, 0) is 11.2 Å². The van der Waals surface area contributed by atoms with E-state index in [1.165, 1.54) is 18.4 Å². The van der Waals surface area contributed by atoms with Crippen LogP contribution in [0.15, 0.2) is 22.6 Å². The minimum absolute atomic E-state index is 0.0262. The number of nitrogens with one attached hydrogen (secondary N) is 3. The molecule has 3 N–H and O–H groups in total. The summed E-state index contributed by atoms with van der Waals surface area (Å²) in [4.78, 5) is 36.0. The smallest absolute Gasteiger partial charge is 0.409 e. The number of amides is 3. The molecule has 5 rings (SSSR count). The van der Waals surface area contributed by atoms with Crippen LogP contribution in [-0.4, -0.2) is 67.4 Å². The van der Waals surface area contributed by atoms with Crippen molar-refractivity contribution in [2.24, 2.45) is 5.92 Å². The molecule has 1 aliphatic heterocycles. The molecule has 2 aliphatic rings. The molecule has 3 aromatic rings. The molecule has 11 nitrogen and oxygen atoms in total. The van der Waals surface area contributed by atoms with Crippen LogP contribution >= 0.6 is 11.3 Å². The average molecular weight is 473 g/mol. The van der Waals surface area contributed by atoms with Gasteiger partial charge in [0.05, 0.1) is 19.9 Å². The molecule has 1 aromatic carbocycles. The highest BCUT2D eigenvalue weighted by Gasteiger charge is 2.46. The second kappa shape index (κ2) is 8.43. The van der Waals surface area contributed by atoms with Crippen molar-refractivity contribution in [3.8, 4) is 5.75 Å². The van der Waals surface area contributed by atoms with Gasteiger partial charge in [-0.2, -0.15) is 4.98 Å². The fraction of sp³-hybridized carbons (Fsp3) is 0.429. The van der Waals surface area contributed by atoms with Crippen LogP contribution in [0.1, 0.15) is 16.5 Å². The number of urea groups is 1. The lowest BCUT2D eigenvalue weighted by molar-refractivity contribution is 0.0873. The summed E-state index contributed by atoms with van der Waals surface area (Å²) < 4.78 is 16.2. The number of benzene rings is 1. The zero-order valence-corrected chi connectivity index (χ0v) is 19.2. The number of rotatable bonds is 4. The molecule has 3 unspecified atom stereocenters. The lowest BCUT2D eigenvalue weighted by Gasteiger charge is -2.45. The van der Waals surface area contributed by atoms with E-state index in [4.69, 9.17) is 13.9 Å². The highest BCUT2D eigenvalue weighted by atomic mass is 32.1. The molecule has 12 heteroatoms. The van der Waals surface area contributed by atoms with E-state index in [1.54, 1.807) is 19.1 Å². The van der Waals surface area contributed by atoms with E-state index in [0.717, 1.165) is 10.6 Å². The number of hydrogen-bond acceptors (Lipinski definition) is 9. The van der Waals surface area contributed by atoms with E-state index in [0.29, 0.717) is 47.5 Å². The molecule has 2 bridgehead atoms.